The van der Waals surface area contributed by atoms with Gasteiger partial charge in [0.2, 0.25) is 5.91 Å². The van der Waals surface area contributed by atoms with Crippen molar-refractivity contribution in [1.29, 1.82) is 0 Å². The van der Waals surface area contributed by atoms with Crippen molar-refractivity contribution in [2.24, 2.45) is 5.73 Å². The molecule has 0 spiro atoms. The molecule has 0 aliphatic carbocycles. The molecule has 1 atom stereocenters. The van der Waals surface area contributed by atoms with E-state index in [-0.39, 0.29) is 6.03 Å². The fraction of sp³-hybridized carbons (Fsp3) is 0.600. The largest absolute Gasteiger partial charge is 0.368 e. The van der Waals surface area contributed by atoms with E-state index in [1.807, 2.05) is 0 Å². The monoisotopic (exact) mass is 143 g/mol. The third-order valence-corrected chi connectivity index (χ3v) is 1.37. The normalized spacial score (nSPS) is 24.8. The zero-order chi connectivity index (χ0) is 7.56. The van der Waals surface area contributed by atoms with Gasteiger partial charge in [0.1, 0.15) is 6.04 Å². The number of nitrogens with two attached hydrogens (primary N) is 1. The highest BCUT2D eigenvalue weighted by Gasteiger charge is 2.21. The van der Waals surface area contributed by atoms with Crippen LogP contribution in [0.15, 0.2) is 0 Å². The van der Waals surface area contributed by atoms with Gasteiger partial charge >= 0.3 is 6.03 Å². The minimum absolute atomic E-state index is 0.324. The highest BCUT2D eigenvalue weighted by atomic mass is 16.2. The molecule has 5 nitrogen and oxygen atoms in total. The maximum absolute atomic E-state index is 10.5. The van der Waals surface area contributed by atoms with Crippen molar-refractivity contribution in [1.82, 2.24) is 10.6 Å². The number of nitrogens with one attached hydrogen (secondary N) is 2. The highest BCUT2D eigenvalue weighted by Crippen LogP contribution is 1.93. The Balaban J connectivity index is 2.47. The molecule has 0 aromatic heterocycles. The number of carbonyl (C=O) groups excluding carboxylic acids is 2. The predicted octanol–water partition coefficient (Wildman–Crippen LogP) is -1.46. The molecule has 0 saturated carbocycles. The average Bonchev–Trinajstić information content (AvgIpc) is 1.88. The molecule has 1 fully saturated rings. The fourth-order valence-corrected chi connectivity index (χ4v) is 0.825. The van der Waals surface area contributed by atoms with E-state index in [0.717, 1.165) is 0 Å². The van der Waals surface area contributed by atoms with Crippen LogP contribution in [0.25, 0.3) is 0 Å². The second kappa shape index (κ2) is 2.55. The summed E-state index contributed by atoms with van der Waals surface area (Å²) in [7, 11) is 0. The Kier molecular flexibility index (Phi) is 1.75. The molecule has 3 amide bonds. The van der Waals surface area contributed by atoms with Gasteiger partial charge in [-0.1, -0.05) is 0 Å². The van der Waals surface area contributed by atoms with Crippen LogP contribution < -0.4 is 16.4 Å². The van der Waals surface area contributed by atoms with Crippen molar-refractivity contribution in [3.8, 4) is 0 Å². The number of primary amides is 1. The molecule has 10 heavy (non-hydrogen) atoms. The average molecular weight is 143 g/mol. The highest BCUT2D eigenvalue weighted by molar-refractivity contribution is 5.86. The van der Waals surface area contributed by atoms with Crippen LogP contribution in [0.4, 0.5) is 4.79 Å². The lowest BCUT2D eigenvalue weighted by atomic mass is 10.2. The van der Waals surface area contributed by atoms with E-state index in [0.29, 0.717) is 13.0 Å². The van der Waals surface area contributed by atoms with Crippen LogP contribution in [-0.4, -0.2) is 24.5 Å². The van der Waals surface area contributed by atoms with Crippen molar-refractivity contribution in [2.45, 2.75) is 12.5 Å². The maximum atomic E-state index is 10.5. The molecule has 1 aliphatic rings. The summed E-state index contributed by atoms with van der Waals surface area (Å²) < 4.78 is 0. The molecule has 5 heteroatoms. The second-order valence-electron chi connectivity index (χ2n) is 2.14. The topological polar surface area (TPSA) is 84.2 Å². The molecule has 1 unspecified atom stereocenters. The lowest BCUT2D eigenvalue weighted by Gasteiger charge is -2.20. The van der Waals surface area contributed by atoms with E-state index in [9.17, 15) is 9.59 Å². The van der Waals surface area contributed by atoms with Gasteiger partial charge in [-0.05, 0) is 6.42 Å². The summed E-state index contributed by atoms with van der Waals surface area (Å²) in [5, 5.41) is 4.90. The van der Waals surface area contributed by atoms with E-state index in [1.165, 1.54) is 0 Å². The summed E-state index contributed by atoms with van der Waals surface area (Å²) in [6.07, 6.45) is 0.571. The van der Waals surface area contributed by atoms with E-state index in [1.54, 1.807) is 0 Å². The molecule has 1 rings (SSSR count). The van der Waals surface area contributed by atoms with E-state index >= 15 is 0 Å². The smallest absolute Gasteiger partial charge is 0.315 e. The van der Waals surface area contributed by atoms with Crippen LogP contribution >= 0.6 is 0 Å². The molecule has 4 N–H and O–H groups in total. The quantitative estimate of drug-likeness (QED) is 0.419. The zero-order valence-corrected chi connectivity index (χ0v) is 5.39. The molecular weight excluding hydrogens is 134 g/mol. The first-order valence-corrected chi connectivity index (χ1v) is 3.04. The van der Waals surface area contributed by atoms with Crippen LogP contribution in [0.2, 0.25) is 0 Å². The lowest BCUT2D eigenvalue weighted by Crippen LogP contribution is -2.54. The lowest BCUT2D eigenvalue weighted by molar-refractivity contribution is -0.120. The van der Waals surface area contributed by atoms with E-state index < -0.39 is 11.9 Å². The van der Waals surface area contributed by atoms with Crippen molar-refractivity contribution in [3.05, 3.63) is 0 Å². The summed E-state index contributed by atoms with van der Waals surface area (Å²) in [5.41, 5.74) is 4.95. The van der Waals surface area contributed by atoms with Crippen LogP contribution in [0.5, 0.6) is 0 Å². The van der Waals surface area contributed by atoms with Crippen molar-refractivity contribution in [2.75, 3.05) is 6.54 Å². The van der Waals surface area contributed by atoms with Gasteiger partial charge in [-0.2, -0.15) is 0 Å². The van der Waals surface area contributed by atoms with Gasteiger partial charge in [-0.25, -0.2) is 4.79 Å². The molecule has 0 bridgehead atoms. The first-order valence-electron chi connectivity index (χ1n) is 3.04. The van der Waals surface area contributed by atoms with Gasteiger partial charge in [0.15, 0.2) is 0 Å². The number of hydrogen-bond donors (Lipinski definition) is 3. The molecule has 1 heterocycles. The first-order chi connectivity index (χ1) is 4.70. The van der Waals surface area contributed by atoms with Gasteiger partial charge < -0.3 is 16.4 Å². The third kappa shape index (κ3) is 1.37. The molecule has 0 aromatic carbocycles. The van der Waals surface area contributed by atoms with Crippen LogP contribution in [0.1, 0.15) is 6.42 Å². The summed E-state index contributed by atoms with van der Waals surface area (Å²) >= 11 is 0. The Bertz CT molecular complexity index is 166. The van der Waals surface area contributed by atoms with Crippen molar-refractivity contribution >= 4 is 11.9 Å². The summed E-state index contributed by atoms with van der Waals surface area (Å²) in [4.78, 5) is 21.0. The number of amides is 3. The van der Waals surface area contributed by atoms with Crippen LogP contribution in [0.3, 0.4) is 0 Å². The summed E-state index contributed by atoms with van der Waals surface area (Å²) in [6.45, 7) is 0.513. The molecule has 0 aromatic rings. The number of hydrogen-bond acceptors (Lipinski definition) is 2. The zero-order valence-electron chi connectivity index (χ0n) is 5.39. The van der Waals surface area contributed by atoms with Gasteiger partial charge in [-0.15, -0.1) is 0 Å². The SMILES string of the molecule is NC(=O)C1CCNC(=O)N1. The minimum Gasteiger partial charge on any atom is -0.368 e. The Labute approximate surface area is 58.0 Å². The predicted molar refractivity (Wildman–Crippen MR) is 34.1 cm³/mol. The summed E-state index contributed by atoms with van der Waals surface area (Å²) in [6, 6.07) is -0.816. The Morgan fingerprint density at radius 1 is 1.70 bits per heavy atom. The number of rotatable bonds is 1. The first kappa shape index (κ1) is 6.85. The number of urea groups is 1. The Hall–Kier alpha value is -1.26. The fourth-order valence-electron chi connectivity index (χ4n) is 0.825. The van der Waals surface area contributed by atoms with Crippen LogP contribution in [-0.2, 0) is 4.79 Å². The Morgan fingerprint density at radius 2 is 2.40 bits per heavy atom. The van der Waals surface area contributed by atoms with E-state index in [2.05, 4.69) is 10.6 Å². The number of carbonyl (C=O) groups is 2. The minimum atomic E-state index is -0.492. The third-order valence-electron chi connectivity index (χ3n) is 1.37. The summed E-state index contributed by atoms with van der Waals surface area (Å²) in [5.74, 6) is -0.477. The van der Waals surface area contributed by atoms with Gasteiger partial charge in [-0.3, -0.25) is 4.79 Å². The maximum Gasteiger partial charge on any atom is 0.315 e. The standard InChI is InChI=1S/C5H9N3O2/c6-4(9)3-1-2-7-5(10)8-3/h3H,1-2H2,(H2,6,9)(H2,7,8,10). The van der Waals surface area contributed by atoms with Crippen LogP contribution in [0, 0.1) is 0 Å². The molecule has 56 valence electrons. The van der Waals surface area contributed by atoms with Crippen molar-refractivity contribution in [3.63, 3.8) is 0 Å². The Morgan fingerprint density at radius 3 is 2.80 bits per heavy atom. The van der Waals surface area contributed by atoms with Gasteiger partial charge in [0, 0.05) is 6.54 Å². The van der Waals surface area contributed by atoms with Gasteiger partial charge in [0.05, 0.1) is 0 Å². The molecule has 1 aliphatic heterocycles. The van der Waals surface area contributed by atoms with E-state index in [4.69, 9.17) is 5.73 Å². The molecule has 0 radical (unpaired) electrons. The second-order valence-corrected chi connectivity index (χ2v) is 2.14. The van der Waals surface area contributed by atoms with Crippen molar-refractivity contribution < 1.29 is 9.59 Å². The molecular formula is C5H9N3O2. The van der Waals surface area contributed by atoms with Gasteiger partial charge in [0.25, 0.3) is 0 Å². The molecule has 1 saturated heterocycles.